The molecule has 4 aromatic carbocycles. The predicted octanol–water partition coefficient (Wildman–Crippen LogP) is 12.7. The van der Waals surface area contributed by atoms with Gasteiger partial charge in [-0.3, -0.25) is 51.4 Å². The van der Waals surface area contributed by atoms with Crippen LogP contribution >= 0.6 is 22.9 Å². The van der Waals surface area contributed by atoms with Crippen LogP contribution in [0.5, 0.6) is 0 Å². The third-order valence-electron chi connectivity index (χ3n) is 25.2. The van der Waals surface area contributed by atoms with Gasteiger partial charge in [0.05, 0.1) is 92.3 Å². The molecular formula is C97H107ClF8N26O10S5. The summed E-state index contributed by atoms with van der Waals surface area (Å²) in [5, 5.41) is 22.1. The molecule has 4 atom stereocenters. The Hall–Kier alpha value is -13.6. The van der Waals surface area contributed by atoms with E-state index in [1.165, 1.54) is 97.3 Å². The van der Waals surface area contributed by atoms with Gasteiger partial charge in [0.25, 0.3) is 26.7 Å². The molecule has 4 aliphatic heterocycles. The Morgan fingerprint density at radius 2 is 1.18 bits per heavy atom. The van der Waals surface area contributed by atoms with E-state index in [4.69, 9.17) is 21.3 Å². The number of fused-ring (bicyclic) bond motifs is 3. The Balaban J connectivity index is 0.000000175. The Bertz CT molecular complexity index is 8170. The Kier molecular flexibility index (Phi) is 31.0. The van der Waals surface area contributed by atoms with E-state index in [0.29, 0.717) is 109 Å². The summed E-state index contributed by atoms with van der Waals surface area (Å²) in [7, 11) is -11.6. The lowest BCUT2D eigenvalue weighted by atomic mass is 10.1. The number of nitrogens with zero attached hydrogens (tertiary/aromatic N) is 20. The maximum Gasteiger partial charge on any atom is 0.416 e. The zero-order chi connectivity index (χ0) is 104. The predicted molar refractivity (Wildman–Crippen MR) is 560 cm³/mol. The maximum atomic E-state index is 15.3. The van der Waals surface area contributed by atoms with Gasteiger partial charge in [0, 0.05) is 236 Å². The van der Waals surface area contributed by atoms with Gasteiger partial charge in [-0.25, -0.2) is 50.4 Å². The highest BCUT2D eigenvalue weighted by Gasteiger charge is 2.37. The van der Waals surface area contributed by atoms with Crippen molar-refractivity contribution in [3.63, 3.8) is 0 Å². The van der Waals surface area contributed by atoms with Crippen molar-refractivity contribution in [2.75, 3.05) is 155 Å². The van der Waals surface area contributed by atoms with Crippen LogP contribution in [-0.4, -0.2) is 260 Å². The average molecular weight is 2140 g/mol. The molecule has 147 heavy (non-hydrogen) atoms. The average Bonchev–Trinajstić information content (AvgIpc) is 1.56. The van der Waals surface area contributed by atoms with Crippen molar-refractivity contribution < 1.29 is 69.4 Å². The SMILES string of the molecule is C=S(=O)(CC(F)(F)F)c1cn(C)c(-c2cc3cnc(Nc4ccc(N5CCNCC5C)c(F)c4)nc3n(CCN(C)S(C)(=O)=O)c2=O)n1.C=S(=O)(c1ccncc1)c1ccc(-c2cc3cnc(Nc4ccc(N5CCNC(C)C5)c(F)c4)nc3n(CCN3CCOCC3)c2=O)nc1.Cc1c(-c2cc3cnc(Nc4ccc(N5CCNCC5)c(Cl)c4)nc3n(Cc3ccccc3C(F)(F)F)c2=O)ncn1S(=O)(=O)c1cccs1.[HH].[HH].[HH]. The number of ether oxygens (including phenoxy) is 1. The first kappa shape index (κ1) is 105. The standard InChI is InChI=1S/C35H38FN9O3S.C33H28ClF3N8O3S2.C29H35F4N9O4S2.3H2/c1-24-23-44(12-11-38-24)32-6-3-26(20-30(32)36)41-35-40-21-25-19-29(34(46)45(33(25)42-35)14-13-43-15-17-48-18-16-43)31-5-4-28(22-39-31)49(2,47)27-7-9-37-10-8-27;1-20-29(40-19-45(20)50(47,48)28-7-4-14-49-28)24-15-22-17-39-32(41-23-8-9-27(26(34)16-23)43-12-10-38-11-13-43)42-30(22)44(31(24)46)18-21-5-2-3-6-25(21)33(35,36)37;1-18-14-34-8-9-41(18)23-7-6-20(13-22(23)30)36-28-35-15-19-12-21(26-37-24(16-39(26)2)47(4,44)17-29(31,32)33)27(43)42(25(19)38-28)11-10-40(3)48(5,45)46;;;/h3-10,19-22,24,38H,2,11-18,23H2,1H3,(H,40,41,42);2-9,14-17,19,38H,10-13,18H2,1H3,(H,39,41,42);6-7,12-13,15-16,18,34H,4,8-11,14,17H2,1-3,5H3,(H,35,36,38);3*1H. The molecule has 4 fully saturated rings. The summed E-state index contributed by atoms with van der Waals surface area (Å²) in [6.07, 6.45) is 2.90. The van der Waals surface area contributed by atoms with E-state index in [1.54, 1.807) is 95.3 Å². The minimum Gasteiger partial charge on any atom is -0.379 e. The second-order valence-electron chi connectivity index (χ2n) is 35.5. The molecular weight excluding hydrogens is 2040 g/mol. The molecule has 36 nitrogen and oxygen atoms in total. The van der Waals surface area contributed by atoms with Crippen molar-refractivity contribution >= 4 is 159 Å². The minimum absolute atomic E-state index is 0. The number of morpholine rings is 1. The second-order valence-corrected chi connectivity index (χ2v) is 45.6. The van der Waals surface area contributed by atoms with E-state index < -0.39 is 91.3 Å². The summed E-state index contributed by atoms with van der Waals surface area (Å²) < 4.78 is 202. The van der Waals surface area contributed by atoms with Crippen LogP contribution in [0.3, 0.4) is 0 Å². The van der Waals surface area contributed by atoms with Crippen LogP contribution in [-0.2, 0) is 76.7 Å². The summed E-state index contributed by atoms with van der Waals surface area (Å²) >= 11 is 7.67. The van der Waals surface area contributed by atoms with Gasteiger partial charge in [-0.2, -0.15) is 49.7 Å². The molecule has 0 amide bonds. The van der Waals surface area contributed by atoms with Crippen LogP contribution < -0.4 is 63.3 Å². The first-order valence-electron chi connectivity index (χ1n) is 46.2. The molecule has 6 N–H and O–H groups in total. The summed E-state index contributed by atoms with van der Waals surface area (Å²) in [5.74, 6) is 4.99. The van der Waals surface area contributed by atoms with Crippen LogP contribution in [0.4, 0.5) is 87.1 Å². The summed E-state index contributed by atoms with van der Waals surface area (Å²) in [6, 6.07) is 34.8. The fraction of sp³-hybridized carbons (Fsp3) is 0.309. The number of aryl methyl sites for hydroxylation is 1. The zero-order valence-corrected chi connectivity index (χ0v) is 84.9. The lowest BCUT2D eigenvalue weighted by Gasteiger charge is -2.36. The Morgan fingerprint density at radius 1 is 0.605 bits per heavy atom. The van der Waals surface area contributed by atoms with Gasteiger partial charge in [0.2, 0.25) is 27.9 Å². The molecule has 0 saturated carbocycles. The van der Waals surface area contributed by atoms with Gasteiger partial charge in [-0.1, -0.05) is 35.9 Å². The van der Waals surface area contributed by atoms with Gasteiger partial charge in [0.1, 0.15) is 55.7 Å². The molecule has 15 aromatic rings. The van der Waals surface area contributed by atoms with Crippen LogP contribution in [0.2, 0.25) is 5.02 Å². The molecule has 0 aliphatic carbocycles. The van der Waals surface area contributed by atoms with Crippen LogP contribution in [0, 0.1) is 18.6 Å². The molecule has 778 valence electrons. The van der Waals surface area contributed by atoms with Crippen LogP contribution in [0.25, 0.3) is 67.0 Å². The monoisotopic (exact) mass is 2140 g/mol. The Morgan fingerprint density at radius 3 is 1.77 bits per heavy atom. The second kappa shape index (κ2) is 43.4. The number of nitrogens with one attached hydrogen (secondary N) is 6. The largest absolute Gasteiger partial charge is 0.416 e. The van der Waals surface area contributed by atoms with Crippen LogP contribution in [0.1, 0.15) is 34.9 Å². The van der Waals surface area contributed by atoms with Gasteiger partial charge in [-0.15, -0.1) is 11.3 Å². The number of thiophene rings is 1. The van der Waals surface area contributed by atoms with E-state index in [-0.39, 0.29) is 108 Å². The molecule has 4 aliphatic rings. The smallest absolute Gasteiger partial charge is 0.379 e. The number of piperazine rings is 3. The van der Waals surface area contributed by atoms with Crippen molar-refractivity contribution in [1.29, 1.82) is 0 Å². The number of anilines is 9. The number of imidazole rings is 2. The fourth-order valence-electron chi connectivity index (χ4n) is 17.5. The first-order valence-corrected chi connectivity index (χ1v) is 54.4. The summed E-state index contributed by atoms with van der Waals surface area (Å²) in [6.45, 7) is 16.2. The molecule has 4 unspecified atom stereocenters. The Labute approximate surface area is 852 Å². The van der Waals surface area contributed by atoms with E-state index in [2.05, 4.69) is 105 Å². The summed E-state index contributed by atoms with van der Waals surface area (Å²) in [5.41, 5.74) is 2.04. The molecule has 19 rings (SSSR count). The highest BCUT2D eigenvalue weighted by Crippen LogP contribution is 2.38. The molecule has 15 heterocycles. The number of sulfonamides is 1. The number of aromatic nitrogens is 15. The lowest BCUT2D eigenvalue weighted by molar-refractivity contribution is -0.138. The number of pyridine rings is 5. The topological polar surface area (TPSA) is 405 Å². The van der Waals surface area contributed by atoms with Crippen molar-refractivity contribution in [2.24, 2.45) is 7.05 Å². The number of halogens is 9. The van der Waals surface area contributed by atoms with E-state index in [9.17, 15) is 66.0 Å². The van der Waals surface area contributed by atoms with Crippen LogP contribution in [0.15, 0.2) is 222 Å². The summed E-state index contributed by atoms with van der Waals surface area (Å²) in [4.78, 5) is 95.8. The number of rotatable bonds is 27. The normalized spacial score (nSPS) is 16.5. The molecule has 0 spiro atoms. The first-order chi connectivity index (χ1) is 70.0. The van der Waals surface area contributed by atoms with Gasteiger partial charge in [-0.05, 0) is 153 Å². The molecule has 50 heteroatoms. The minimum atomic E-state index is -4.77. The molecule has 4 saturated heterocycles. The highest BCUT2D eigenvalue weighted by molar-refractivity contribution is 8.00. The number of likely N-dealkylation sites (N-methyl/N-ethyl adjacent to an activating group) is 1. The fourth-order valence-corrected chi connectivity index (χ4v) is 23.2. The molecule has 0 radical (unpaired) electrons. The number of benzene rings is 4. The van der Waals surface area contributed by atoms with Gasteiger partial charge < -0.3 is 55.9 Å². The number of alkyl halides is 6. The molecule has 11 aromatic heterocycles. The third kappa shape index (κ3) is 23.7. The van der Waals surface area contributed by atoms with Crippen molar-refractivity contribution in [3.8, 4) is 33.9 Å². The number of hydrogen-bond donors (Lipinski definition) is 6. The van der Waals surface area contributed by atoms with E-state index in [0.717, 1.165) is 127 Å². The van der Waals surface area contributed by atoms with E-state index in [1.807, 2.05) is 28.9 Å². The van der Waals surface area contributed by atoms with Crippen molar-refractivity contribution in [1.82, 2.24) is 97.2 Å². The van der Waals surface area contributed by atoms with Crippen molar-refractivity contribution in [2.45, 2.75) is 83.9 Å². The third-order valence-corrected chi connectivity index (χ3v) is 33.7. The van der Waals surface area contributed by atoms with Gasteiger partial charge >= 0.3 is 12.4 Å². The van der Waals surface area contributed by atoms with Crippen molar-refractivity contribution in [3.05, 3.63) is 253 Å². The molecule has 0 bridgehead atoms. The lowest BCUT2D eigenvalue weighted by Crippen LogP contribution is -2.50. The highest BCUT2D eigenvalue weighted by atomic mass is 35.5. The number of hydrogen-bond acceptors (Lipinski definition) is 31. The quantitative estimate of drug-likeness (QED) is 0.0206. The maximum absolute atomic E-state index is 15.3. The van der Waals surface area contributed by atoms with Gasteiger partial charge in [0.15, 0.2) is 0 Å². The zero-order valence-electron chi connectivity index (χ0n) is 80.1. The van der Waals surface area contributed by atoms with E-state index >= 15 is 8.78 Å².